The molecule has 1 fully saturated rings. The lowest BCUT2D eigenvalue weighted by atomic mass is 9.98. The van der Waals surface area contributed by atoms with E-state index in [9.17, 15) is 34.5 Å². The Morgan fingerprint density at radius 1 is 0.420 bits per heavy atom. The van der Waals surface area contributed by atoms with Gasteiger partial charge in [0.2, 0.25) is 0 Å². The summed E-state index contributed by atoms with van der Waals surface area (Å²) < 4.78 is 28.6. The number of aliphatic hydroxyl groups excluding tert-OH is 2. The number of unbranched alkanes of at least 4 members (excludes halogenated alkanes) is 36. The Bertz CT molecular complexity index is 1590. The van der Waals surface area contributed by atoms with Crippen LogP contribution in [0.5, 0.6) is 0 Å². The molecule has 0 radical (unpaired) electrons. The van der Waals surface area contributed by atoms with Crippen LogP contribution in [-0.2, 0) is 42.9 Å². The van der Waals surface area contributed by atoms with E-state index >= 15 is 0 Å². The Morgan fingerprint density at radius 3 is 1.19 bits per heavy atom. The van der Waals surface area contributed by atoms with E-state index in [0.29, 0.717) is 19.3 Å². The van der Waals surface area contributed by atoms with Gasteiger partial charge < -0.3 is 39.0 Å². The van der Waals surface area contributed by atoms with Crippen molar-refractivity contribution in [2.24, 2.45) is 0 Å². The third-order valence-electron chi connectivity index (χ3n) is 15.4. The first-order chi connectivity index (χ1) is 39.6. The summed E-state index contributed by atoms with van der Waals surface area (Å²) in [7, 11) is 0. The second-order valence-corrected chi connectivity index (χ2v) is 23.1. The second-order valence-electron chi connectivity index (χ2n) is 23.1. The van der Waals surface area contributed by atoms with E-state index in [1.54, 1.807) is 0 Å². The first-order valence-electron chi connectivity index (χ1n) is 33.6. The van der Waals surface area contributed by atoms with Crippen molar-refractivity contribution in [1.82, 2.24) is 0 Å². The van der Waals surface area contributed by atoms with Crippen molar-refractivity contribution in [2.45, 2.75) is 353 Å². The van der Waals surface area contributed by atoms with Gasteiger partial charge in [-0.25, -0.2) is 4.79 Å². The number of allylic oxidation sites excluding steroid dienone is 8. The summed E-state index contributed by atoms with van der Waals surface area (Å²) in [6.45, 7) is 5.93. The molecule has 6 atom stereocenters. The molecule has 0 spiro atoms. The van der Waals surface area contributed by atoms with Crippen molar-refractivity contribution in [3.8, 4) is 0 Å². The SMILES string of the molecule is CC/C=C\C/C=C\C/C=C\C/C=C\CCCCCCCCC(=O)OC1C(OCC(COC(=O)CCCCCCCCCCCCCCCCCCCCC)OC(=O)CCCCCCCCCCCCCCC)OC(C(=O)O)C(O)C1O. The molecule has 6 unspecified atom stereocenters. The maximum Gasteiger partial charge on any atom is 0.335 e. The highest BCUT2D eigenvalue weighted by atomic mass is 16.7. The molecule has 81 heavy (non-hydrogen) atoms. The first kappa shape index (κ1) is 75.7. The molecule has 0 bridgehead atoms. The smallest absolute Gasteiger partial charge is 0.335 e. The summed E-state index contributed by atoms with van der Waals surface area (Å²) in [5.74, 6) is -3.10. The summed E-state index contributed by atoms with van der Waals surface area (Å²) in [6, 6.07) is 0. The zero-order chi connectivity index (χ0) is 58.9. The van der Waals surface area contributed by atoms with Gasteiger partial charge in [-0.2, -0.15) is 0 Å². The molecule has 0 aliphatic carbocycles. The van der Waals surface area contributed by atoms with Crippen LogP contribution in [0, 0.1) is 0 Å². The third-order valence-corrected chi connectivity index (χ3v) is 15.4. The lowest BCUT2D eigenvalue weighted by Crippen LogP contribution is -2.61. The quantitative estimate of drug-likeness (QED) is 0.0228. The van der Waals surface area contributed by atoms with Crippen molar-refractivity contribution in [3.05, 3.63) is 48.6 Å². The van der Waals surface area contributed by atoms with Crippen LogP contribution in [0.4, 0.5) is 0 Å². The standard InChI is InChI=1S/C69H122O12/c1-4-7-10-13-16-19-22-25-27-29-31-33-35-38-40-43-46-49-52-55-61(70)77-58-60(79-62(71)56-53-50-47-44-41-37-24-21-18-15-12-9-6-3)59-78-69-67(65(74)64(73)66(81-69)68(75)76)80-63(72)57-54-51-48-45-42-39-36-34-32-30-28-26-23-20-17-14-11-8-5-2/h8,11,17,20,26,28,32,34,60,64-67,69,73-74H,4-7,9-10,12-16,18-19,21-25,27,29-31,33,35-59H2,1-3H3,(H,75,76)/b11-8-,20-17-,28-26-,34-32-. The third kappa shape index (κ3) is 46.7. The minimum absolute atomic E-state index is 0.0469. The van der Waals surface area contributed by atoms with Crippen LogP contribution in [-0.4, -0.2) is 89.2 Å². The zero-order valence-corrected chi connectivity index (χ0v) is 52.0. The first-order valence-corrected chi connectivity index (χ1v) is 33.6. The molecule has 12 heteroatoms. The average Bonchev–Trinajstić information content (AvgIpc) is 3.54. The number of carbonyl (C=O) groups is 4. The minimum Gasteiger partial charge on any atom is -0.479 e. The Hall–Kier alpha value is -3.32. The van der Waals surface area contributed by atoms with E-state index in [4.69, 9.17) is 23.7 Å². The zero-order valence-electron chi connectivity index (χ0n) is 52.0. The van der Waals surface area contributed by atoms with Gasteiger partial charge in [-0.05, 0) is 57.8 Å². The molecule has 1 aliphatic heterocycles. The van der Waals surface area contributed by atoms with Crippen LogP contribution < -0.4 is 0 Å². The van der Waals surface area contributed by atoms with Gasteiger partial charge in [-0.3, -0.25) is 14.4 Å². The van der Waals surface area contributed by atoms with E-state index in [1.165, 1.54) is 154 Å². The van der Waals surface area contributed by atoms with Gasteiger partial charge in [0, 0.05) is 19.3 Å². The van der Waals surface area contributed by atoms with Gasteiger partial charge in [0.25, 0.3) is 0 Å². The van der Waals surface area contributed by atoms with Crippen molar-refractivity contribution in [2.75, 3.05) is 13.2 Å². The summed E-state index contributed by atoms with van der Waals surface area (Å²) in [6.07, 6.45) is 57.8. The van der Waals surface area contributed by atoms with E-state index < -0.39 is 67.3 Å². The highest BCUT2D eigenvalue weighted by Crippen LogP contribution is 2.27. The number of carboxylic acid groups (broad SMARTS) is 1. The van der Waals surface area contributed by atoms with Gasteiger partial charge in [0.05, 0.1) is 6.61 Å². The van der Waals surface area contributed by atoms with Gasteiger partial charge in [-0.1, -0.05) is 288 Å². The van der Waals surface area contributed by atoms with E-state index in [2.05, 4.69) is 69.4 Å². The normalized spacial score (nSPS) is 18.0. The van der Waals surface area contributed by atoms with E-state index in [-0.39, 0.29) is 25.9 Å². The van der Waals surface area contributed by atoms with Crippen LogP contribution in [0.15, 0.2) is 48.6 Å². The fourth-order valence-electron chi connectivity index (χ4n) is 10.3. The summed E-state index contributed by atoms with van der Waals surface area (Å²) in [4.78, 5) is 51.4. The van der Waals surface area contributed by atoms with Crippen molar-refractivity contribution < 1.29 is 58.2 Å². The molecule has 0 aromatic rings. The lowest BCUT2D eigenvalue weighted by molar-refractivity contribution is -0.301. The number of carbonyl (C=O) groups excluding carboxylic acids is 3. The molecule has 1 aliphatic rings. The number of esters is 3. The number of aliphatic hydroxyl groups is 2. The molecule has 0 saturated carbocycles. The highest BCUT2D eigenvalue weighted by Gasteiger charge is 2.50. The minimum atomic E-state index is -1.91. The Morgan fingerprint density at radius 2 is 0.778 bits per heavy atom. The number of hydrogen-bond donors (Lipinski definition) is 3. The largest absolute Gasteiger partial charge is 0.479 e. The molecular formula is C69H122O12. The molecule has 1 heterocycles. The molecule has 0 aromatic heterocycles. The molecule has 3 N–H and O–H groups in total. The van der Waals surface area contributed by atoms with Crippen molar-refractivity contribution in [1.29, 1.82) is 0 Å². The fourth-order valence-corrected chi connectivity index (χ4v) is 10.3. The van der Waals surface area contributed by atoms with Crippen LogP contribution in [0.2, 0.25) is 0 Å². The number of rotatable bonds is 58. The molecule has 1 rings (SSSR count). The van der Waals surface area contributed by atoms with Crippen molar-refractivity contribution in [3.63, 3.8) is 0 Å². The Labute approximate surface area is 494 Å². The molecule has 0 aromatic carbocycles. The average molecular weight is 1140 g/mol. The summed E-state index contributed by atoms with van der Waals surface area (Å²) in [5.41, 5.74) is 0. The topological polar surface area (TPSA) is 175 Å². The Kier molecular flexibility index (Phi) is 53.4. The molecular weight excluding hydrogens is 1020 g/mol. The monoisotopic (exact) mass is 1140 g/mol. The van der Waals surface area contributed by atoms with Crippen LogP contribution >= 0.6 is 0 Å². The fraction of sp³-hybridized carbons (Fsp3) is 0.826. The van der Waals surface area contributed by atoms with Gasteiger partial charge in [-0.15, -0.1) is 0 Å². The van der Waals surface area contributed by atoms with E-state index in [0.717, 1.165) is 103 Å². The number of hydrogen-bond acceptors (Lipinski definition) is 11. The van der Waals surface area contributed by atoms with Crippen LogP contribution in [0.1, 0.15) is 316 Å². The Balaban J connectivity index is 2.62. The van der Waals surface area contributed by atoms with E-state index in [1.807, 2.05) is 0 Å². The number of carboxylic acids is 1. The summed E-state index contributed by atoms with van der Waals surface area (Å²) >= 11 is 0. The van der Waals surface area contributed by atoms with Crippen molar-refractivity contribution >= 4 is 23.9 Å². The summed E-state index contributed by atoms with van der Waals surface area (Å²) in [5, 5.41) is 31.6. The predicted octanol–water partition coefficient (Wildman–Crippen LogP) is 18.1. The molecule has 12 nitrogen and oxygen atoms in total. The van der Waals surface area contributed by atoms with Gasteiger partial charge in [0.1, 0.15) is 18.8 Å². The molecule has 470 valence electrons. The van der Waals surface area contributed by atoms with Gasteiger partial charge in [0.15, 0.2) is 24.6 Å². The lowest BCUT2D eigenvalue weighted by Gasteiger charge is -2.40. The second kappa shape index (κ2) is 57.1. The number of ether oxygens (including phenoxy) is 5. The molecule has 0 amide bonds. The van der Waals surface area contributed by atoms with Gasteiger partial charge >= 0.3 is 23.9 Å². The maximum atomic E-state index is 13.2. The van der Waals surface area contributed by atoms with Crippen LogP contribution in [0.25, 0.3) is 0 Å². The van der Waals surface area contributed by atoms with Crippen LogP contribution in [0.3, 0.4) is 0 Å². The maximum absolute atomic E-state index is 13.2. The molecule has 1 saturated heterocycles. The predicted molar refractivity (Wildman–Crippen MR) is 331 cm³/mol. The highest BCUT2D eigenvalue weighted by molar-refractivity contribution is 5.74. The number of aliphatic carboxylic acids is 1.